The molecule has 9 rings (SSSR count). The van der Waals surface area contributed by atoms with E-state index in [1.807, 2.05) is 55.1 Å². The van der Waals surface area contributed by atoms with E-state index in [9.17, 15) is 24.3 Å². The van der Waals surface area contributed by atoms with Crippen molar-refractivity contribution >= 4 is 35.0 Å². The van der Waals surface area contributed by atoms with Crippen molar-refractivity contribution in [1.82, 2.24) is 40.4 Å². The van der Waals surface area contributed by atoms with E-state index in [0.29, 0.717) is 24.5 Å². The molecular formula is C48H50N8O6. The Morgan fingerprint density at radius 1 is 0.742 bits per heavy atom. The summed E-state index contributed by atoms with van der Waals surface area (Å²) < 4.78 is 4.86. The second-order valence-electron chi connectivity index (χ2n) is 16.8. The van der Waals surface area contributed by atoms with Gasteiger partial charge in [-0.2, -0.15) is 0 Å². The van der Waals surface area contributed by atoms with E-state index in [4.69, 9.17) is 14.7 Å². The number of carboxylic acid groups (broad SMARTS) is 1. The molecule has 14 heteroatoms. The number of aromatic nitrogens is 4. The van der Waals surface area contributed by atoms with Gasteiger partial charge in [0.2, 0.25) is 5.91 Å². The van der Waals surface area contributed by atoms with Crippen LogP contribution in [0.15, 0.2) is 91.0 Å². The van der Waals surface area contributed by atoms with Crippen LogP contribution in [0.2, 0.25) is 0 Å². The Labute approximate surface area is 359 Å². The van der Waals surface area contributed by atoms with E-state index in [1.54, 1.807) is 4.90 Å². The predicted molar refractivity (Wildman–Crippen MR) is 234 cm³/mol. The van der Waals surface area contributed by atoms with Gasteiger partial charge in [0.25, 0.3) is 5.91 Å². The van der Waals surface area contributed by atoms with E-state index in [0.717, 1.165) is 94.6 Å². The number of rotatable bonds is 10. The molecule has 4 amide bonds. The largest absolute Gasteiger partial charge is 0.465 e. The maximum atomic E-state index is 14.1. The monoisotopic (exact) mass is 834 g/mol. The van der Waals surface area contributed by atoms with Gasteiger partial charge >= 0.3 is 12.2 Å². The van der Waals surface area contributed by atoms with Crippen LogP contribution in [-0.4, -0.2) is 85.1 Å². The number of alkyl carbamates (subject to hydrolysis) is 1. The topological polar surface area (TPSA) is 186 Å². The van der Waals surface area contributed by atoms with Crippen LogP contribution < -0.4 is 10.6 Å². The number of ether oxygens (including phenoxy) is 1. The third-order valence-electron chi connectivity index (χ3n) is 12.6. The molecule has 2 aromatic heterocycles. The first kappa shape index (κ1) is 40.4. The lowest BCUT2D eigenvalue weighted by Crippen LogP contribution is -2.50. The molecule has 4 atom stereocenters. The van der Waals surface area contributed by atoms with Gasteiger partial charge in [-0.25, -0.2) is 19.6 Å². The molecule has 0 saturated carbocycles. The minimum Gasteiger partial charge on any atom is -0.465 e. The summed E-state index contributed by atoms with van der Waals surface area (Å²) >= 11 is 0. The molecule has 14 nitrogen and oxygen atoms in total. The number of carbonyl (C=O) groups is 4. The molecular weight excluding hydrogens is 785 g/mol. The Bertz CT molecular complexity index is 2660. The molecule has 0 radical (unpaired) electrons. The van der Waals surface area contributed by atoms with Crippen LogP contribution in [-0.2, 0) is 27.2 Å². The van der Waals surface area contributed by atoms with E-state index >= 15 is 0 Å². The number of H-pyrrole nitrogens is 2. The quantitative estimate of drug-likeness (QED) is 0.0916. The fourth-order valence-electron chi connectivity index (χ4n) is 9.41. The molecule has 0 bridgehead atoms. The van der Waals surface area contributed by atoms with E-state index in [-0.39, 0.29) is 29.8 Å². The van der Waals surface area contributed by atoms with Gasteiger partial charge in [-0.15, -0.1) is 0 Å². The smallest absolute Gasteiger partial charge is 0.407 e. The van der Waals surface area contributed by atoms with Crippen LogP contribution in [0.4, 0.5) is 9.59 Å². The minimum absolute atomic E-state index is 0.189. The standard InChI is InChI=1S/C48H50N8O6/c1-27(2)40(53-47(59)60)45(57)55-23-7-11-38(55)43-49-35-21-18-32(26-37(35)51-43)29-15-13-28(14-16-29)31-17-20-34-33(25-31)19-22-36-42(34)52-44(50-36)39-12-8-24-56(39)46(58)41(54-48(61)62-3)30-9-5-4-6-10-30/h4-6,9-10,13-18,20-21,25-27,38-41,53H,7-8,11-12,19,22-24H2,1-3H3,(H,49,51)(H,50,52)(H,54,61)(H,59,60)/t38-,39-,40-,41+/m0/s1. The van der Waals surface area contributed by atoms with Crippen LogP contribution in [0.5, 0.6) is 0 Å². The van der Waals surface area contributed by atoms with Crippen LogP contribution in [0.3, 0.4) is 0 Å². The number of carbonyl (C=O) groups excluding carboxylic acids is 3. The van der Waals surface area contributed by atoms with Crippen molar-refractivity contribution in [3.05, 3.63) is 119 Å². The van der Waals surface area contributed by atoms with Crippen molar-refractivity contribution in [2.24, 2.45) is 5.92 Å². The van der Waals surface area contributed by atoms with Gasteiger partial charge in [-0.1, -0.05) is 92.7 Å². The summed E-state index contributed by atoms with van der Waals surface area (Å²) in [4.78, 5) is 71.9. The lowest BCUT2D eigenvalue weighted by Gasteiger charge is -2.29. The molecule has 5 N–H and O–H groups in total. The highest BCUT2D eigenvalue weighted by molar-refractivity contribution is 5.88. The summed E-state index contributed by atoms with van der Waals surface area (Å²) in [6.45, 7) is 4.80. The molecule has 6 aromatic rings. The van der Waals surface area contributed by atoms with Gasteiger partial charge in [-0.3, -0.25) is 9.59 Å². The lowest BCUT2D eigenvalue weighted by molar-refractivity contribution is -0.135. The molecule has 2 aliphatic heterocycles. The van der Waals surface area contributed by atoms with Crippen LogP contribution in [0, 0.1) is 5.92 Å². The second kappa shape index (κ2) is 16.8. The Morgan fingerprint density at radius 3 is 2.03 bits per heavy atom. The number of amides is 4. The van der Waals surface area contributed by atoms with Crippen molar-refractivity contribution in [2.45, 2.75) is 76.5 Å². The van der Waals surface area contributed by atoms with E-state index < -0.39 is 24.3 Å². The Kier molecular flexibility index (Phi) is 11.0. The number of hydrogen-bond donors (Lipinski definition) is 5. The molecule has 2 fully saturated rings. The Hall–Kier alpha value is -6.96. The number of benzene rings is 4. The summed E-state index contributed by atoms with van der Waals surface area (Å²) in [5, 5.41) is 14.5. The summed E-state index contributed by atoms with van der Waals surface area (Å²) in [7, 11) is 1.29. The molecule has 0 spiro atoms. The van der Waals surface area contributed by atoms with Gasteiger partial charge in [0.1, 0.15) is 23.7 Å². The number of aromatic amines is 2. The van der Waals surface area contributed by atoms with Gasteiger partial charge in [-0.05, 0) is 90.0 Å². The summed E-state index contributed by atoms with van der Waals surface area (Å²) in [5.74, 6) is 0.867. The molecule has 1 aliphatic carbocycles. The molecule has 2 saturated heterocycles. The third kappa shape index (κ3) is 7.76. The number of fused-ring (bicyclic) bond motifs is 4. The first-order valence-electron chi connectivity index (χ1n) is 21.4. The zero-order valence-corrected chi connectivity index (χ0v) is 35.0. The van der Waals surface area contributed by atoms with Gasteiger partial charge in [0, 0.05) is 24.3 Å². The minimum atomic E-state index is -1.21. The SMILES string of the molecule is COC(=O)N[C@@H](C(=O)N1CCC[C@H]1c1nc2c([nH]1)CCc1cc(-c3ccc(-c4ccc5nc([C@@H]6CCCN6C(=O)[C@@H](NC(=O)O)C(C)C)[nH]c5c4)cc3)ccc1-2)c1ccccc1. The number of nitrogens with zero attached hydrogens (tertiary/aromatic N) is 4. The number of methoxy groups -OCH3 is 1. The van der Waals surface area contributed by atoms with Crippen molar-refractivity contribution in [3.63, 3.8) is 0 Å². The van der Waals surface area contributed by atoms with Crippen molar-refractivity contribution in [1.29, 1.82) is 0 Å². The number of aryl methyl sites for hydroxylation is 2. The summed E-state index contributed by atoms with van der Waals surface area (Å²) in [5.41, 5.74) is 11.0. The normalized spacial score (nSPS) is 18.0. The van der Waals surface area contributed by atoms with Crippen LogP contribution in [0.25, 0.3) is 44.5 Å². The highest BCUT2D eigenvalue weighted by Crippen LogP contribution is 2.40. The fourth-order valence-corrected chi connectivity index (χ4v) is 9.41. The average molecular weight is 835 g/mol. The third-order valence-corrected chi connectivity index (χ3v) is 12.6. The first-order valence-corrected chi connectivity index (χ1v) is 21.4. The molecule has 318 valence electrons. The molecule has 3 aliphatic rings. The number of nitrogens with one attached hydrogen (secondary N) is 4. The van der Waals surface area contributed by atoms with Crippen LogP contribution >= 0.6 is 0 Å². The Balaban J connectivity index is 0.905. The maximum Gasteiger partial charge on any atom is 0.407 e. The molecule has 4 aromatic carbocycles. The van der Waals surface area contributed by atoms with E-state index in [2.05, 4.69) is 75.2 Å². The highest BCUT2D eigenvalue weighted by atomic mass is 16.5. The highest BCUT2D eigenvalue weighted by Gasteiger charge is 2.39. The van der Waals surface area contributed by atoms with Crippen molar-refractivity contribution < 1.29 is 29.0 Å². The zero-order chi connectivity index (χ0) is 43.1. The number of likely N-dealkylation sites (tertiary alicyclic amines) is 2. The molecule has 62 heavy (non-hydrogen) atoms. The number of imidazole rings is 2. The fraction of sp³-hybridized carbons (Fsp3) is 0.333. The van der Waals surface area contributed by atoms with Crippen molar-refractivity contribution in [2.75, 3.05) is 20.2 Å². The van der Waals surface area contributed by atoms with Crippen LogP contribution in [0.1, 0.15) is 86.1 Å². The number of hydrogen-bond acceptors (Lipinski definition) is 7. The maximum absolute atomic E-state index is 14.1. The molecule has 4 heterocycles. The van der Waals surface area contributed by atoms with E-state index in [1.165, 1.54) is 12.7 Å². The summed E-state index contributed by atoms with van der Waals surface area (Å²) in [6.07, 6.45) is 2.96. The van der Waals surface area contributed by atoms with Crippen molar-refractivity contribution in [3.8, 4) is 33.5 Å². The predicted octanol–water partition coefficient (Wildman–Crippen LogP) is 8.10. The zero-order valence-electron chi connectivity index (χ0n) is 35.0. The lowest BCUT2D eigenvalue weighted by atomic mass is 9.89. The molecule has 0 unspecified atom stereocenters. The first-order chi connectivity index (χ1) is 30.1. The Morgan fingerprint density at radius 2 is 1.37 bits per heavy atom. The average Bonchev–Trinajstić information content (AvgIpc) is 4.12. The second-order valence-corrected chi connectivity index (χ2v) is 16.8. The van der Waals surface area contributed by atoms with Gasteiger partial charge in [0.15, 0.2) is 0 Å². The van der Waals surface area contributed by atoms with Gasteiger partial charge in [0.05, 0.1) is 35.9 Å². The summed E-state index contributed by atoms with van der Waals surface area (Å²) in [6, 6.07) is 28.3. The van der Waals surface area contributed by atoms with Gasteiger partial charge < -0.3 is 40.2 Å².